The van der Waals surface area contributed by atoms with Gasteiger partial charge in [0.25, 0.3) is 0 Å². The highest BCUT2D eigenvalue weighted by atomic mass is 32.2. The van der Waals surface area contributed by atoms with E-state index in [0.717, 1.165) is 5.56 Å². The van der Waals surface area contributed by atoms with Crippen molar-refractivity contribution in [2.24, 2.45) is 0 Å². The first-order valence-corrected chi connectivity index (χ1v) is 6.97. The van der Waals surface area contributed by atoms with Gasteiger partial charge in [0.2, 0.25) is 10.0 Å². The van der Waals surface area contributed by atoms with Crippen molar-refractivity contribution in [3.63, 3.8) is 0 Å². The number of nitrogens with one attached hydrogen (secondary N) is 2. The predicted octanol–water partition coefficient (Wildman–Crippen LogP) is 0.634. The molecule has 0 fully saturated rings. The van der Waals surface area contributed by atoms with Crippen LogP contribution in [0.25, 0.3) is 0 Å². The summed E-state index contributed by atoms with van der Waals surface area (Å²) in [5, 5.41) is 6.37. The van der Waals surface area contributed by atoms with Gasteiger partial charge in [0.15, 0.2) is 0 Å². The van der Waals surface area contributed by atoms with Gasteiger partial charge in [-0.1, -0.05) is 18.2 Å². The molecule has 0 bridgehead atoms. The van der Waals surface area contributed by atoms with Crippen LogP contribution in [0.1, 0.15) is 11.4 Å². The molecule has 0 aliphatic heterocycles. The van der Waals surface area contributed by atoms with Gasteiger partial charge in [-0.05, 0) is 18.6 Å². The summed E-state index contributed by atoms with van der Waals surface area (Å²) in [6.07, 6.45) is 1.87. The van der Waals surface area contributed by atoms with Gasteiger partial charge in [-0.15, -0.1) is 0 Å². The number of hydrogen-bond acceptors (Lipinski definition) is 4. The zero-order valence-electron chi connectivity index (χ0n) is 9.92. The minimum atomic E-state index is -3.46. The molecule has 2 rings (SSSR count). The van der Waals surface area contributed by atoms with Gasteiger partial charge in [0.05, 0.1) is 4.90 Å². The molecule has 18 heavy (non-hydrogen) atoms. The van der Waals surface area contributed by atoms with E-state index in [1.54, 1.807) is 25.1 Å². The quantitative estimate of drug-likeness (QED) is 0.831. The Bertz CT molecular complexity index is 608. The normalized spacial score (nSPS) is 11.6. The predicted molar refractivity (Wildman–Crippen MR) is 66.5 cm³/mol. The lowest BCUT2D eigenvalue weighted by molar-refractivity contribution is 0.580. The van der Waals surface area contributed by atoms with E-state index >= 15 is 0 Å². The van der Waals surface area contributed by atoms with Crippen LogP contribution in [0.4, 0.5) is 0 Å². The zero-order valence-corrected chi connectivity index (χ0v) is 10.7. The molecule has 96 valence electrons. The minimum Gasteiger partial charge on any atom is -0.263 e. The number of sulfonamides is 1. The van der Waals surface area contributed by atoms with Crippen molar-refractivity contribution >= 4 is 10.0 Å². The first kappa shape index (κ1) is 12.7. The van der Waals surface area contributed by atoms with E-state index in [2.05, 4.69) is 19.9 Å². The summed E-state index contributed by atoms with van der Waals surface area (Å²) in [6, 6.07) is 6.87. The number of H-pyrrole nitrogens is 1. The van der Waals surface area contributed by atoms with E-state index in [1.807, 2.05) is 6.07 Å². The Morgan fingerprint density at radius 3 is 2.78 bits per heavy atom. The highest BCUT2D eigenvalue weighted by Gasteiger charge is 2.15. The fourth-order valence-electron chi connectivity index (χ4n) is 1.59. The summed E-state index contributed by atoms with van der Waals surface area (Å²) in [5.41, 5.74) is 0.727. The van der Waals surface area contributed by atoms with Crippen molar-refractivity contribution in [2.75, 3.05) is 6.54 Å². The smallest absolute Gasteiger partial charge is 0.240 e. The molecule has 2 N–H and O–H groups in total. The third-order valence-corrected chi connectivity index (χ3v) is 4.12. The number of nitrogens with zero attached hydrogens (tertiary/aromatic N) is 2. The Morgan fingerprint density at radius 2 is 2.11 bits per heavy atom. The van der Waals surface area contributed by atoms with Crippen molar-refractivity contribution < 1.29 is 8.42 Å². The molecule has 0 saturated carbocycles. The lowest BCUT2D eigenvalue weighted by Gasteiger charge is -2.08. The molecule has 1 aromatic heterocycles. The number of aryl methyl sites for hydroxylation is 1. The molecule has 6 nitrogen and oxygen atoms in total. The summed E-state index contributed by atoms with van der Waals surface area (Å²) in [6.45, 7) is 2.05. The largest absolute Gasteiger partial charge is 0.263 e. The van der Waals surface area contributed by atoms with Crippen LogP contribution in [0.5, 0.6) is 0 Å². The molecule has 1 heterocycles. The van der Waals surface area contributed by atoms with Crippen LogP contribution in [0, 0.1) is 6.92 Å². The fourth-order valence-corrected chi connectivity index (χ4v) is 2.87. The summed E-state index contributed by atoms with van der Waals surface area (Å²) in [5.74, 6) is 0.655. The van der Waals surface area contributed by atoms with E-state index in [0.29, 0.717) is 17.1 Å². The highest BCUT2D eigenvalue weighted by molar-refractivity contribution is 7.89. The summed E-state index contributed by atoms with van der Waals surface area (Å²) >= 11 is 0. The van der Waals surface area contributed by atoms with Crippen molar-refractivity contribution in [2.45, 2.75) is 18.2 Å². The molecule has 2 aromatic rings. The van der Waals surface area contributed by atoms with Crippen LogP contribution in [0.15, 0.2) is 35.5 Å². The maximum absolute atomic E-state index is 12.0. The second-order valence-corrected chi connectivity index (χ2v) is 5.58. The minimum absolute atomic E-state index is 0.284. The van der Waals surface area contributed by atoms with Gasteiger partial charge in [-0.25, -0.2) is 18.1 Å². The topological polar surface area (TPSA) is 87.7 Å². The van der Waals surface area contributed by atoms with Crippen LogP contribution in [-0.4, -0.2) is 30.1 Å². The second-order valence-electron chi connectivity index (χ2n) is 3.85. The van der Waals surface area contributed by atoms with Gasteiger partial charge < -0.3 is 0 Å². The van der Waals surface area contributed by atoms with E-state index in [1.165, 1.54) is 6.33 Å². The summed E-state index contributed by atoms with van der Waals surface area (Å²) < 4.78 is 26.6. The first-order valence-electron chi connectivity index (χ1n) is 5.49. The average Bonchev–Trinajstić information content (AvgIpc) is 2.82. The van der Waals surface area contributed by atoms with Crippen molar-refractivity contribution in [3.05, 3.63) is 42.0 Å². The van der Waals surface area contributed by atoms with Crippen LogP contribution in [0.3, 0.4) is 0 Å². The Balaban J connectivity index is 2.02. The van der Waals surface area contributed by atoms with Crippen LogP contribution < -0.4 is 4.72 Å². The molecule has 0 aliphatic rings. The number of aromatic amines is 1. The molecular formula is C11H14N4O2S. The first-order chi connectivity index (χ1) is 8.59. The van der Waals surface area contributed by atoms with E-state index in [-0.39, 0.29) is 6.54 Å². The lowest BCUT2D eigenvalue weighted by atomic mass is 10.2. The standard InChI is InChI=1S/C11H14N4O2S/c1-9-4-2-3-5-10(9)18(16,17)14-7-6-11-12-8-13-15-11/h2-5,8,14H,6-7H2,1H3,(H,12,13,15). The second kappa shape index (κ2) is 5.28. The molecule has 0 radical (unpaired) electrons. The SMILES string of the molecule is Cc1ccccc1S(=O)(=O)NCCc1ncn[nH]1. The van der Waals surface area contributed by atoms with Gasteiger partial charge in [0, 0.05) is 13.0 Å². The maximum atomic E-state index is 12.0. The number of hydrogen-bond donors (Lipinski definition) is 2. The Hall–Kier alpha value is -1.73. The van der Waals surface area contributed by atoms with E-state index < -0.39 is 10.0 Å². The molecular weight excluding hydrogens is 252 g/mol. The lowest BCUT2D eigenvalue weighted by Crippen LogP contribution is -2.26. The Kier molecular flexibility index (Phi) is 3.73. The maximum Gasteiger partial charge on any atom is 0.240 e. The summed E-state index contributed by atoms with van der Waals surface area (Å²) in [4.78, 5) is 4.23. The number of benzene rings is 1. The van der Waals surface area contributed by atoms with Crippen molar-refractivity contribution in [1.82, 2.24) is 19.9 Å². The molecule has 0 unspecified atom stereocenters. The van der Waals surface area contributed by atoms with Crippen molar-refractivity contribution in [3.8, 4) is 0 Å². The van der Waals surface area contributed by atoms with Gasteiger partial charge in [-0.2, -0.15) is 5.10 Å². The van der Waals surface area contributed by atoms with E-state index in [4.69, 9.17) is 0 Å². The monoisotopic (exact) mass is 266 g/mol. The van der Waals surface area contributed by atoms with E-state index in [9.17, 15) is 8.42 Å². The third-order valence-electron chi connectivity index (χ3n) is 2.50. The third kappa shape index (κ3) is 2.93. The highest BCUT2D eigenvalue weighted by Crippen LogP contribution is 2.13. The van der Waals surface area contributed by atoms with Gasteiger partial charge >= 0.3 is 0 Å². The Morgan fingerprint density at radius 1 is 1.33 bits per heavy atom. The molecule has 0 aliphatic carbocycles. The molecule has 1 aromatic carbocycles. The molecule has 0 amide bonds. The Labute approximate surface area is 106 Å². The average molecular weight is 266 g/mol. The molecule has 7 heteroatoms. The van der Waals surface area contributed by atoms with Gasteiger partial charge in [0.1, 0.15) is 12.2 Å². The van der Waals surface area contributed by atoms with Crippen LogP contribution in [0.2, 0.25) is 0 Å². The molecule has 0 spiro atoms. The van der Waals surface area contributed by atoms with Gasteiger partial charge in [-0.3, -0.25) is 5.10 Å². The van der Waals surface area contributed by atoms with Crippen molar-refractivity contribution in [1.29, 1.82) is 0 Å². The number of rotatable bonds is 5. The fraction of sp³-hybridized carbons (Fsp3) is 0.273. The number of aromatic nitrogens is 3. The zero-order chi connectivity index (χ0) is 13.0. The molecule has 0 saturated heterocycles. The summed E-state index contributed by atoms with van der Waals surface area (Å²) in [7, 11) is -3.46. The van der Waals surface area contributed by atoms with Crippen LogP contribution in [-0.2, 0) is 16.4 Å². The molecule has 0 atom stereocenters. The van der Waals surface area contributed by atoms with Crippen LogP contribution >= 0.6 is 0 Å².